The van der Waals surface area contributed by atoms with Gasteiger partial charge in [-0.05, 0) is 60.0 Å². The molecule has 9 nitrogen and oxygen atoms in total. The number of hydrogen-bond acceptors (Lipinski definition) is 7. The zero-order valence-electron chi connectivity index (χ0n) is 20.7. The first-order valence-electron chi connectivity index (χ1n) is 12.1. The van der Waals surface area contributed by atoms with Gasteiger partial charge >= 0.3 is 6.18 Å². The Balaban J connectivity index is 1.22. The van der Waals surface area contributed by atoms with E-state index in [1.807, 2.05) is 49.4 Å². The van der Waals surface area contributed by atoms with Crippen LogP contribution in [0.2, 0.25) is 0 Å². The zero-order valence-corrected chi connectivity index (χ0v) is 20.7. The monoisotopic (exact) mass is 524 g/mol. The summed E-state index contributed by atoms with van der Waals surface area (Å²) in [6.45, 7) is 4.05. The van der Waals surface area contributed by atoms with Crippen molar-refractivity contribution < 1.29 is 18.0 Å². The van der Waals surface area contributed by atoms with E-state index < -0.39 is 18.5 Å². The van der Waals surface area contributed by atoms with Crippen molar-refractivity contribution in [3.05, 3.63) is 59.9 Å². The van der Waals surface area contributed by atoms with Crippen LogP contribution in [0.25, 0.3) is 22.2 Å². The van der Waals surface area contributed by atoms with Crippen molar-refractivity contribution in [1.29, 1.82) is 0 Å². The van der Waals surface area contributed by atoms with E-state index in [0.29, 0.717) is 37.2 Å². The molecular weight excluding hydrogens is 497 g/mol. The number of imidazole rings is 1. The number of benzene rings is 1. The Kier molecular flexibility index (Phi) is 6.89. The molecule has 1 aliphatic heterocycles. The van der Waals surface area contributed by atoms with Crippen molar-refractivity contribution in [1.82, 2.24) is 29.7 Å². The molecule has 5 rings (SSSR count). The molecule has 1 aromatic carbocycles. The molecule has 1 aliphatic rings. The Labute approximate surface area is 216 Å². The Bertz CT molecular complexity index is 1440. The van der Waals surface area contributed by atoms with E-state index in [-0.39, 0.29) is 13.1 Å². The average molecular weight is 525 g/mol. The number of aromatic amines is 1. The van der Waals surface area contributed by atoms with E-state index in [0.717, 1.165) is 33.4 Å². The summed E-state index contributed by atoms with van der Waals surface area (Å²) in [5.74, 6) is 0.752. The lowest BCUT2D eigenvalue weighted by molar-refractivity contribution is -0.162. The van der Waals surface area contributed by atoms with Crippen molar-refractivity contribution in [2.75, 3.05) is 37.2 Å². The molecule has 1 fully saturated rings. The lowest BCUT2D eigenvalue weighted by atomic mass is 10.1. The van der Waals surface area contributed by atoms with Crippen LogP contribution in [-0.4, -0.2) is 68.0 Å². The Morgan fingerprint density at radius 1 is 1.05 bits per heavy atom. The first-order chi connectivity index (χ1) is 18.1. The largest absolute Gasteiger partial charge is 0.397 e. The summed E-state index contributed by atoms with van der Waals surface area (Å²) in [5.41, 5.74) is 11.3. The number of anilines is 3. The minimum atomic E-state index is -4.48. The smallest absolute Gasteiger partial charge is 0.384 e. The molecule has 38 heavy (non-hydrogen) atoms. The van der Waals surface area contributed by atoms with Gasteiger partial charge in [-0.25, -0.2) is 15.0 Å². The number of rotatable bonds is 6. The van der Waals surface area contributed by atoms with Crippen molar-refractivity contribution in [2.24, 2.45) is 0 Å². The molecule has 0 atom stereocenters. The van der Waals surface area contributed by atoms with Gasteiger partial charge in [0, 0.05) is 44.6 Å². The van der Waals surface area contributed by atoms with E-state index in [2.05, 4.69) is 30.2 Å². The SMILES string of the molecule is Cc1cc(-c2ccc3nc(Nc4cc(CN5CCN(C(=O)CC(F)(F)F)CC5)ccn4)[nH]c3c2)cc(N)n1. The Morgan fingerprint density at radius 2 is 1.84 bits per heavy atom. The third kappa shape index (κ3) is 6.20. The fraction of sp³-hybridized carbons (Fsp3) is 0.308. The van der Waals surface area contributed by atoms with E-state index in [1.54, 1.807) is 6.20 Å². The number of nitrogens with two attached hydrogens (primary N) is 1. The molecule has 0 saturated carbocycles. The van der Waals surface area contributed by atoms with Crippen LogP contribution in [0.5, 0.6) is 0 Å². The van der Waals surface area contributed by atoms with Crippen molar-refractivity contribution in [2.45, 2.75) is 26.1 Å². The van der Waals surface area contributed by atoms with Crippen LogP contribution < -0.4 is 11.1 Å². The fourth-order valence-electron chi connectivity index (χ4n) is 4.57. The Hall–Kier alpha value is -4.19. The number of aryl methyl sites for hydroxylation is 1. The number of hydrogen-bond donors (Lipinski definition) is 3. The van der Waals surface area contributed by atoms with E-state index in [9.17, 15) is 18.0 Å². The van der Waals surface area contributed by atoms with Gasteiger partial charge in [0.15, 0.2) is 0 Å². The molecule has 0 aliphatic carbocycles. The standard InChI is InChI=1S/C26H27F3N8O/c1-16-10-19(13-22(30)32-16)18-2-3-20-21(12-18)34-25(33-20)35-23-11-17(4-5-31-23)15-36-6-8-37(9-7-36)24(38)14-26(27,28)29/h2-5,10-13H,6-9,14-15H2,1H3,(H2,30,32)(H2,31,33,34,35). The minimum Gasteiger partial charge on any atom is -0.384 e. The number of alkyl halides is 3. The molecule has 3 aromatic heterocycles. The third-order valence-corrected chi connectivity index (χ3v) is 6.34. The molecule has 4 aromatic rings. The number of halogens is 3. The summed E-state index contributed by atoms with van der Waals surface area (Å²) in [6.07, 6.45) is -4.20. The second kappa shape index (κ2) is 10.3. The number of nitrogens with one attached hydrogen (secondary N) is 2. The zero-order chi connectivity index (χ0) is 26.9. The van der Waals surface area contributed by atoms with E-state index in [1.165, 1.54) is 4.90 Å². The van der Waals surface area contributed by atoms with Crippen LogP contribution in [0, 0.1) is 6.92 Å². The molecule has 0 radical (unpaired) electrons. The highest BCUT2D eigenvalue weighted by atomic mass is 19.4. The maximum Gasteiger partial charge on any atom is 0.397 e. The number of piperazine rings is 1. The molecule has 0 unspecified atom stereocenters. The summed E-state index contributed by atoms with van der Waals surface area (Å²) in [4.78, 5) is 31.7. The molecule has 12 heteroatoms. The summed E-state index contributed by atoms with van der Waals surface area (Å²) in [7, 11) is 0. The van der Waals surface area contributed by atoms with Crippen LogP contribution in [0.3, 0.4) is 0 Å². The number of carbonyl (C=O) groups is 1. The van der Waals surface area contributed by atoms with Gasteiger partial charge in [-0.2, -0.15) is 13.2 Å². The first kappa shape index (κ1) is 25.5. The summed E-state index contributed by atoms with van der Waals surface area (Å²) in [5, 5.41) is 3.21. The highest BCUT2D eigenvalue weighted by Crippen LogP contribution is 2.27. The highest BCUT2D eigenvalue weighted by Gasteiger charge is 2.34. The number of H-pyrrole nitrogens is 1. The Morgan fingerprint density at radius 3 is 2.58 bits per heavy atom. The van der Waals surface area contributed by atoms with Crippen molar-refractivity contribution in [3.63, 3.8) is 0 Å². The quantitative estimate of drug-likeness (QED) is 0.345. The normalized spacial score (nSPS) is 14.7. The number of aromatic nitrogens is 4. The van der Waals surface area contributed by atoms with Crippen LogP contribution >= 0.6 is 0 Å². The van der Waals surface area contributed by atoms with Gasteiger partial charge in [-0.15, -0.1) is 0 Å². The van der Waals surface area contributed by atoms with Crippen LogP contribution in [0.15, 0.2) is 48.7 Å². The second-order valence-corrected chi connectivity index (χ2v) is 9.36. The minimum absolute atomic E-state index is 0.276. The first-order valence-corrected chi connectivity index (χ1v) is 12.1. The van der Waals surface area contributed by atoms with Crippen molar-refractivity contribution in [3.8, 4) is 11.1 Å². The number of nitrogens with zero attached hydrogens (tertiary/aromatic N) is 5. The average Bonchev–Trinajstić information content (AvgIpc) is 3.24. The number of nitrogen functional groups attached to an aromatic ring is 1. The fourth-order valence-corrected chi connectivity index (χ4v) is 4.57. The third-order valence-electron chi connectivity index (χ3n) is 6.34. The number of amides is 1. The highest BCUT2D eigenvalue weighted by molar-refractivity contribution is 5.84. The van der Waals surface area contributed by atoms with Gasteiger partial charge in [-0.1, -0.05) is 6.07 Å². The predicted molar refractivity (Wildman–Crippen MR) is 139 cm³/mol. The van der Waals surface area contributed by atoms with Crippen LogP contribution in [0.1, 0.15) is 17.7 Å². The predicted octanol–water partition coefficient (Wildman–Crippen LogP) is 4.25. The molecule has 4 N–H and O–H groups in total. The van der Waals surface area contributed by atoms with Gasteiger partial charge in [0.25, 0.3) is 0 Å². The van der Waals surface area contributed by atoms with Gasteiger partial charge in [0.05, 0.1) is 11.0 Å². The summed E-state index contributed by atoms with van der Waals surface area (Å²) >= 11 is 0. The van der Waals surface area contributed by atoms with E-state index in [4.69, 9.17) is 5.73 Å². The number of fused-ring (bicyclic) bond motifs is 1. The molecule has 198 valence electrons. The van der Waals surface area contributed by atoms with Crippen LogP contribution in [-0.2, 0) is 11.3 Å². The molecule has 0 bridgehead atoms. The molecule has 1 amide bonds. The molecule has 4 heterocycles. The van der Waals surface area contributed by atoms with Gasteiger partial charge in [0.1, 0.15) is 18.1 Å². The van der Waals surface area contributed by atoms with E-state index >= 15 is 0 Å². The van der Waals surface area contributed by atoms with Crippen LogP contribution in [0.4, 0.5) is 30.8 Å². The second-order valence-electron chi connectivity index (χ2n) is 9.36. The maximum absolute atomic E-state index is 12.5. The van der Waals surface area contributed by atoms with Gasteiger partial charge in [-0.3, -0.25) is 9.69 Å². The van der Waals surface area contributed by atoms with Gasteiger partial charge < -0.3 is 20.9 Å². The topological polar surface area (TPSA) is 116 Å². The summed E-state index contributed by atoms with van der Waals surface area (Å²) in [6, 6.07) is 13.5. The maximum atomic E-state index is 12.5. The molecular formula is C26H27F3N8O. The molecule has 1 saturated heterocycles. The lowest BCUT2D eigenvalue weighted by Gasteiger charge is -2.35. The number of pyridine rings is 2. The van der Waals surface area contributed by atoms with Crippen molar-refractivity contribution >= 4 is 34.5 Å². The molecule has 0 spiro atoms. The lowest BCUT2D eigenvalue weighted by Crippen LogP contribution is -2.49. The van der Waals surface area contributed by atoms with Gasteiger partial charge in [0.2, 0.25) is 11.9 Å². The summed E-state index contributed by atoms with van der Waals surface area (Å²) < 4.78 is 37.5. The number of carbonyl (C=O) groups excluding carboxylic acids is 1.